The number of carbonyl (C=O) groups is 1. The van der Waals surface area contributed by atoms with Crippen LogP contribution < -0.4 is 14.4 Å². The van der Waals surface area contributed by atoms with Crippen molar-refractivity contribution in [1.82, 2.24) is 0 Å². The summed E-state index contributed by atoms with van der Waals surface area (Å²) < 4.78 is 10.6. The summed E-state index contributed by atoms with van der Waals surface area (Å²) in [6.45, 7) is 0. The molecule has 4 nitrogen and oxygen atoms in total. The third kappa shape index (κ3) is 4.34. The zero-order valence-corrected chi connectivity index (χ0v) is 16.5. The van der Waals surface area contributed by atoms with Gasteiger partial charge in [-0.3, -0.25) is 4.79 Å². The number of aryl methyl sites for hydroxylation is 2. The predicted octanol–water partition coefficient (Wildman–Crippen LogP) is 4.77. The lowest BCUT2D eigenvalue weighted by Crippen LogP contribution is -2.27. The smallest absolute Gasteiger partial charge is 0.258 e. The van der Waals surface area contributed by atoms with E-state index in [4.69, 9.17) is 9.47 Å². The van der Waals surface area contributed by atoms with Crippen molar-refractivity contribution in [3.63, 3.8) is 0 Å². The minimum atomic E-state index is -0.0455. The maximum Gasteiger partial charge on any atom is 0.258 e. The third-order valence-electron chi connectivity index (χ3n) is 4.83. The van der Waals surface area contributed by atoms with Gasteiger partial charge in [0.15, 0.2) is 11.5 Å². The van der Waals surface area contributed by atoms with Crippen molar-refractivity contribution in [3.05, 3.63) is 89.5 Å². The van der Waals surface area contributed by atoms with E-state index in [9.17, 15) is 4.79 Å². The summed E-state index contributed by atoms with van der Waals surface area (Å²) in [5, 5.41) is 0. The van der Waals surface area contributed by atoms with Gasteiger partial charge < -0.3 is 14.4 Å². The van der Waals surface area contributed by atoms with Gasteiger partial charge in [-0.2, -0.15) is 0 Å². The second-order valence-electron chi connectivity index (χ2n) is 6.55. The molecule has 0 bridgehead atoms. The molecule has 0 spiro atoms. The van der Waals surface area contributed by atoms with E-state index in [0.29, 0.717) is 11.5 Å². The van der Waals surface area contributed by atoms with E-state index in [1.807, 2.05) is 54.6 Å². The third-order valence-corrected chi connectivity index (χ3v) is 4.83. The molecule has 0 saturated carbocycles. The Labute approximate surface area is 166 Å². The van der Waals surface area contributed by atoms with Crippen LogP contribution >= 0.6 is 0 Å². The van der Waals surface area contributed by atoms with E-state index in [-0.39, 0.29) is 5.91 Å². The molecule has 0 aliphatic carbocycles. The molecule has 0 aromatic heterocycles. The van der Waals surface area contributed by atoms with Crippen LogP contribution in [0.3, 0.4) is 0 Å². The molecule has 1 amide bonds. The predicted molar refractivity (Wildman–Crippen MR) is 113 cm³/mol. The fourth-order valence-electron chi connectivity index (χ4n) is 3.20. The molecule has 0 aliphatic rings. The van der Waals surface area contributed by atoms with E-state index in [0.717, 1.165) is 29.7 Å². The summed E-state index contributed by atoms with van der Waals surface area (Å²) in [7, 11) is 4.95. The molecule has 144 valence electrons. The Morgan fingerprint density at radius 2 is 1.50 bits per heavy atom. The number of ether oxygens (including phenoxy) is 2. The number of rotatable bonds is 7. The van der Waals surface area contributed by atoms with Crippen molar-refractivity contribution in [3.8, 4) is 11.5 Å². The van der Waals surface area contributed by atoms with Gasteiger partial charge in [-0.1, -0.05) is 48.5 Å². The molecule has 0 atom stereocenters. The molecule has 0 aliphatic heterocycles. The van der Waals surface area contributed by atoms with Crippen LogP contribution in [-0.4, -0.2) is 27.2 Å². The Balaban J connectivity index is 1.82. The summed E-state index contributed by atoms with van der Waals surface area (Å²) in [6.07, 6.45) is 1.71. The van der Waals surface area contributed by atoms with Crippen molar-refractivity contribution < 1.29 is 14.3 Å². The van der Waals surface area contributed by atoms with E-state index in [2.05, 4.69) is 12.1 Å². The summed E-state index contributed by atoms with van der Waals surface area (Å²) in [5.74, 6) is 1.18. The Morgan fingerprint density at radius 3 is 2.21 bits per heavy atom. The first-order chi connectivity index (χ1) is 13.6. The van der Waals surface area contributed by atoms with Crippen LogP contribution in [-0.2, 0) is 12.8 Å². The molecule has 3 aromatic carbocycles. The van der Waals surface area contributed by atoms with Crippen LogP contribution in [0.5, 0.6) is 11.5 Å². The maximum absolute atomic E-state index is 13.2. The number of hydrogen-bond donors (Lipinski definition) is 0. The van der Waals surface area contributed by atoms with E-state index in [1.54, 1.807) is 32.2 Å². The topological polar surface area (TPSA) is 38.8 Å². The average molecular weight is 375 g/mol. The highest BCUT2D eigenvalue weighted by Crippen LogP contribution is 2.31. The maximum atomic E-state index is 13.2. The van der Waals surface area contributed by atoms with Gasteiger partial charge in [0.2, 0.25) is 0 Å². The monoisotopic (exact) mass is 375 g/mol. The summed E-state index contributed by atoms with van der Waals surface area (Å²) in [4.78, 5) is 14.8. The van der Waals surface area contributed by atoms with Crippen molar-refractivity contribution in [1.29, 1.82) is 0 Å². The van der Waals surface area contributed by atoms with Gasteiger partial charge in [0, 0.05) is 24.4 Å². The highest BCUT2D eigenvalue weighted by atomic mass is 16.5. The van der Waals surface area contributed by atoms with Crippen LogP contribution in [0.2, 0.25) is 0 Å². The van der Waals surface area contributed by atoms with Crippen LogP contribution in [0.4, 0.5) is 5.69 Å². The van der Waals surface area contributed by atoms with Gasteiger partial charge in [-0.15, -0.1) is 0 Å². The summed E-state index contributed by atoms with van der Waals surface area (Å²) in [6, 6.07) is 23.6. The lowest BCUT2D eigenvalue weighted by atomic mass is 9.99. The molecular weight excluding hydrogens is 350 g/mol. The highest BCUT2D eigenvalue weighted by molar-refractivity contribution is 6.06. The standard InChI is InChI=1S/C24H25NO3/c1-25(20-15-16-22(27-2)23(17-20)28-3)24(26)21-12-8-7-11-19(21)14-13-18-9-5-4-6-10-18/h4-12,15-17H,13-14H2,1-3H3. The summed E-state index contributed by atoms with van der Waals surface area (Å²) >= 11 is 0. The van der Waals surface area contributed by atoms with E-state index in [1.165, 1.54) is 5.56 Å². The molecule has 0 fully saturated rings. The number of amides is 1. The number of anilines is 1. The number of methoxy groups -OCH3 is 2. The number of benzene rings is 3. The number of nitrogens with zero attached hydrogens (tertiary/aromatic N) is 1. The number of carbonyl (C=O) groups excluding carboxylic acids is 1. The molecular formula is C24H25NO3. The number of hydrogen-bond acceptors (Lipinski definition) is 3. The van der Waals surface area contributed by atoms with Gasteiger partial charge in [-0.25, -0.2) is 0 Å². The largest absolute Gasteiger partial charge is 0.493 e. The lowest BCUT2D eigenvalue weighted by Gasteiger charge is -2.20. The molecule has 4 heteroatoms. The quantitative estimate of drug-likeness (QED) is 0.597. The van der Waals surface area contributed by atoms with Crippen LogP contribution in [0, 0.1) is 0 Å². The van der Waals surface area contributed by atoms with Crippen molar-refractivity contribution in [2.24, 2.45) is 0 Å². The van der Waals surface area contributed by atoms with Crippen molar-refractivity contribution >= 4 is 11.6 Å². The van der Waals surface area contributed by atoms with Crippen molar-refractivity contribution in [2.45, 2.75) is 12.8 Å². The Bertz CT molecular complexity index is 938. The lowest BCUT2D eigenvalue weighted by molar-refractivity contribution is 0.0992. The molecule has 0 N–H and O–H groups in total. The normalized spacial score (nSPS) is 10.4. The zero-order valence-electron chi connectivity index (χ0n) is 16.5. The van der Waals surface area contributed by atoms with Gasteiger partial charge in [-0.05, 0) is 42.2 Å². The Hall–Kier alpha value is -3.27. The Morgan fingerprint density at radius 1 is 0.821 bits per heavy atom. The molecule has 3 rings (SSSR count). The fraction of sp³-hybridized carbons (Fsp3) is 0.208. The van der Waals surface area contributed by atoms with Gasteiger partial charge in [0.05, 0.1) is 14.2 Å². The molecule has 0 saturated heterocycles. The van der Waals surface area contributed by atoms with Crippen LogP contribution in [0.25, 0.3) is 0 Å². The van der Waals surface area contributed by atoms with Crippen LogP contribution in [0.15, 0.2) is 72.8 Å². The highest BCUT2D eigenvalue weighted by Gasteiger charge is 2.18. The first-order valence-corrected chi connectivity index (χ1v) is 9.26. The minimum Gasteiger partial charge on any atom is -0.493 e. The minimum absolute atomic E-state index is 0.0455. The second kappa shape index (κ2) is 9.09. The molecule has 0 heterocycles. The average Bonchev–Trinajstić information content (AvgIpc) is 2.77. The van der Waals surface area contributed by atoms with E-state index < -0.39 is 0 Å². The SMILES string of the molecule is COc1ccc(N(C)C(=O)c2ccccc2CCc2ccccc2)cc1OC. The zero-order chi connectivity index (χ0) is 19.9. The summed E-state index contributed by atoms with van der Waals surface area (Å²) in [5.41, 5.74) is 3.78. The van der Waals surface area contributed by atoms with Gasteiger partial charge in [0.25, 0.3) is 5.91 Å². The Kier molecular flexibility index (Phi) is 6.33. The van der Waals surface area contributed by atoms with E-state index >= 15 is 0 Å². The molecule has 0 radical (unpaired) electrons. The van der Waals surface area contributed by atoms with Crippen molar-refractivity contribution in [2.75, 3.05) is 26.2 Å². The van der Waals surface area contributed by atoms with Crippen LogP contribution in [0.1, 0.15) is 21.5 Å². The molecule has 3 aromatic rings. The molecule has 0 unspecified atom stereocenters. The second-order valence-corrected chi connectivity index (χ2v) is 6.55. The molecule has 28 heavy (non-hydrogen) atoms. The van der Waals surface area contributed by atoms with Gasteiger partial charge >= 0.3 is 0 Å². The first kappa shape index (κ1) is 19.5. The van der Waals surface area contributed by atoms with Gasteiger partial charge in [0.1, 0.15) is 0 Å². The fourth-order valence-corrected chi connectivity index (χ4v) is 3.20. The first-order valence-electron chi connectivity index (χ1n) is 9.26.